The van der Waals surface area contributed by atoms with E-state index in [0.717, 1.165) is 36.8 Å². The lowest BCUT2D eigenvalue weighted by Gasteiger charge is -2.12. The zero-order valence-corrected chi connectivity index (χ0v) is 13.0. The Morgan fingerprint density at radius 3 is 2.78 bits per heavy atom. The van der Waals surface area contributed by atoms with Gasteiger partial charge in [-0.1, -0.05) is 29.4 Å². The van der Waals surface area contributed by atoms with Crippen LogP contribution >= 0.6 is 0 Å². The molecule has 1 aromatic heterocycles. The van der Waals surface area contributed by atoms with Crippen LogP contribution in [0.25, 0.3) is 0 Å². The van der Waals surface area contributed by atoms with Crippen LogP contribution in [0.1, 0.15) is 43.2 Å². The number of hydrogen-bond acceptors (Lipinski definition) is 5. The fourth-order valence-corrected chi connectivity index (χ4v) is 2.92. The molecule has 0 aliphatic heterocycles. The highest BCUT2D eigenvalue weighted by Crippen LogP contribution is 2.26. The second-order valence-corrected chi connectivity index (χ2v) is 5.95. The number of H-pyrrole nitrogens is 1. The average Bonchev–Trinajstić information content (AvgIpc) is 3.20. The number of aromatic nitrogens is 4. The van der Waals surface area contributed by atoms with E-state index >= 15 is 0 Å². The Hall–Kier alpha value is -2.57. The molecule has 1 heterocycles. The minimum Gasteiger partial charge on any atom is -0.299 e. The lowest BCUT2D eigenvalue weighted by atomic mass is 9.94. The lowest BCUT2D eigenvalue weighted by molar-refractivity contribution is -0.120. The summed E-state index contributed by atoms with van der Waals surface area (Å²) in [6.45, 7) is 1.82. The summed E-state index contributed by atoms with van der Waals surface area (Å²) in [6.07, 6.45) is 3.51. The number of carbonyl (C=O) groups is 2. The van der Waals surface area contributed by atoms with Crippen LogP contribution in [-0.2, 0) is 16.0 Å². The van der Waals surface area contributed by atoms with E-state index in [1.54, 1.807) is 0 Å². The number of ketones is 1. The molecule has 0 spiro atoms. The summed E-state index contributed by atoms with van der Waals surface area (Å²) in [5.41, 5.74) is 2.05. The molecule has 7 nitrogen and oxygen atoms in total. The molecular formula is C16H19N5O2. The third kappa shape index (κ3) is 3.61. The van der Waals surface area contributed by atoms with Crippen molar-refractivity contribution in [2.45, 2.75) is 38.5 Å². The Morgan fingerprint density at radius 2 is 2.17 bits per heavy atom. The maximum Gasteiger partial charge on any atom is 0.269 e. The Labute approximate surface area is 133 Å². The summed E-state index contributed by atoms with van der Waals surface area (Å²) in [5, 5.41) is 15.7. The molecule has 120 valence electrons. The number of anilines is 1. The molecule has 0 radical (unpaired) electrons. The van der Waals surface area contributed by atoms with Gasteiger partial charge in [0, 0.05) is 12.3 Å². The van der Waals surface area contributed by atoms with Crippen LogP contribution in [0.15, 0.2) is 24.3 Å². The molecule has 7 heteroatoms. The molecule has 1 fully saturated rings. The highest BCUT2D eigenvalue weighted by atomic mass is 16.2. The predicted octanol–water partition coefficient (Wildman–Crippen LogP) is 1.85. The standard InChI is InChI=1S/C16H19N5O2/c1-10(15(23)17-16-18-20-21-19-16)12-7-5-11(6-8-12)9-13-3-2-4-14(13)22/h5-8,10,13H,2-4,9H2,1H3,(H2,17,18,19,20,21,23)/t10-,13-/m1/s1. The maximum atomic E-state index is 12.1. The summed E-state index contributed by atoms with van der Waals surface area (Å²) < 4.78 is 0. The first kappa shape index (κ1) is 15.3. The monoisotopic (exact) mass is 313 g/mol. The fourth-order valence-electron chi connectivity index (χ4n) is 2.92. The Kier molecular flexibility index (Phi) is 4.45. The first-order valence-corrected chi connectivity index (χ1v) is 7.79. The number of aromatic amines is 1. The normalized spacial score (nSPS) is 18.8. The van der Waals surface area contributed by atoms with Gasteiger partial charge in [0.2, 0.25) is 5.91 Å². The quantitative estimate of drug-likeness (QED) is 0.877. The molecule has 1 aliphatic rings. The second-order valence-electron chi connectivity index (χ2n) is 5.95. The van der Waals surface area contributed by atoms with Crippen LogP contribution in [-0.4, -0.2) is 32.3 Å². The molecule has 2 atom stereocenters. The van der Waals surface area contributed by atoms with Gasteiger partial charge in [0.1, 0.15) is 5.78 Å². The summed E-state index contributed by atoms with van der Waals surface area (Å²) in [4.78, 5) is 23.9. The fraction of sp³-hybridized carbons (Fsp3) is 0.438. The molecule has 23 heavy (non-hydrogen) atoms. The van der Waals surface area contributed by atoms with Gasteiger partial charge >= 0.3 is 0 Å². The molecule has 1 saturated carbocycles. The van der Waals surface area contributed by atoms with Gasteiger partial charge in [-0.15, -0.1) is 5.10 Å². The summed E-state index contributed by atoms with van der Waals surface area (Å²) in [7, 11) is 0. The number of hydrogen-bond donors (Lipinski definition) is 2. The lowest BCUT2D eigenvalue weighted by Crippen LogP contribution is -2.19. The van der Waals surface area contributed by atoms with Crippen LogP contribution in [0.5, 0.6) is 0 Å². The number of benzene rings is 1. The van der Waals surface area contributed by atoms with Crippen molar-refractivity contribution in [3.63, 3.8) is 0 Å². The molecule has 3 rings (SSSR count). The molecule has 1 aromatic carbocycles. The number of nitrogens with zero attached hydrogens (tertiary/aromatic N) is 3. The third-order valence-corrected chi connectivity index (χ3v) is 4.37. The van der Waals surface area contributed by atoms with Crippen molar-refractivity contribution in [1.82, 2.24) is 20.6 Å². The van der Waals surface area contributed by atoms with Gasteiger partial charge in [0.15, 0.2) is 0 Å². The molecule has 2 N–H and O–H groups in total. The SMILES string of the molecule is C[C@@H](C(=O)Nc1nn[nH]n1)c1ccc(C[C@H]2CCCC2=O)cc1. The van der Waals surface area contributed by atoms with Crippen molar-refractivity contribution in [2.24, 2.45) is 5.92 Å². The summed E-state index contributed by atoms with van der Waals surface area (Å²) in [5.74, 6) is 0.195. The topological polar surface area (TPSA) is 101 Å². The van der Waals surface area contributed by atoms with Crippen molar-refractivity contribution in [1.29, 1.82) is 0 Å². The van der Waals surface area contributed by atoms with Gasteiger partial charge < -0.3 is 0 Å². The number of nitrogens with one attached hydrogen (secondary N) is 2. The van der Waals surface area contributed by atoms with Crippen molar-refractivity contribution >= 4 is 17.6 Å². The Bertz CT molecular complexity index is 681. The van der Waals surface area contributed by atoms with Crippen LogP contribution in [0.3, 0.4) is 0 Å². The Morgan fingerprint density at radius 1 is 1.39 bits per heavy atom. The number of carbonyl (C=O) groups excluding carboxylic acids is 2. The minimum atomic E-state index is -0.323. The number of tetrazole rings is 1. The van der Waals surface area contributed by atoms with Crippen LogP contribution in [0, 0.1) is 5.92 Å². The largest absolute Gasteiger partial charge is 0.299 e. The van der Waals surface area contributed by atoms with E-state index in [0.29, 0.717) is 5.78 Å². The zero-order valence-electron chi connectivity index (χ0n) is 13.0. The van der Waals surface area contributed by atoms with E-state index in [9.17, 15) is 9.59 Å². The molecule has 2 aromatic rings. The van der Waals surface area contributed by atoms with E-state index in [1.807, 2.05) is 31.2 Å². The van der Waals surface area contributed by atoms with Crippen molar-refractivity contribution in [3.05, 3.63) is 35.4 Å². The predicted molar refractivity (Wildman–Crippen MR) is 83.7 cm³/mol. The second kappa shape index (κ2) is 6.68. The van der Waals surface area contributed by atoms with E-state index in [1.165, 1.54) is 0 Å². The van der Waals surface area contributed by atoms with Gasteiger partial charge in [-0.3, -0.25) is 14.9 Å². The van der Waals surface area contributed by atoms with E-state index in [-0.39, 0.29) is 23.7 Å². The molecule has 1 amide bonds. The smallest absolute Gasteiger partial charge is 0.269 e. The highest BCUT2D eigenvalue weighted by Gasteiger charge is 2.24. The third-order valence-electron chi connectivity index (χ3n) is 4.37. The number of rotatable bonds is 5. The zero-order chi connectivity index (χ0) is 16.2. The van der Waals surface area contributed by atoms with Crippen LogP contribution in [0.2, 0.25) is 0 Å². The molecular weight excluding hydrogens is 294 g/mol. The number of Topliss-reactive ketones (excluding diaryl/α,β-unsaturated/α-hetero) is 1. The van der Waals surface area contributed by atoms with Gasteiger partial charge in [-0.05, 0) is 42.5 Å². The minimum absolute atomic E-state index is 0.165. The Balaban J connectivity index is 1.61. The summed E-state index contributed by atoms with van der Waals surface area (Å²) in [6, 6.07) is 7.88. The molecule has 0 saturated heterocycles. The summed E-state index contributed by atoms with van der Waals surface area (Å²) >= 11 is 0. The average molecular weight is 313 g/mol. The molecule has 0 unspecified atom stereocenters. The maximum absolute atomic E-state index is 12.1. The van der Waals surface area contributed by atoms with Crippen molar-refractivity contribution < 1.29 is 9.59 Å². The van der Waals surface area contributed by atoms with E-state index in [2.05, 4.69) is 25.9 Å². The van der Waals surface area contributed by atoms with Gasteiger partial charge in [-0.25, -0.2) is 0 Å². The van der Waals surface area contributed by atoms with Gasteiger partial charge in [-0.2, -0.15) is 5.21 Å². The van der Waals surface area contributed by atoms with E-state index in [4.69, 9.17) is 0 Å². The van der Waals surface area contributed by atoms with Crippen molar-refractivity contribution in [3.8, 4) is 0 Å². The van der Waals surface area contributed by atoms with Crippen LogP contribution < -0.4 is 5.32 Å². The molecule has 0 bridgehead atoms. The van der Waals surface area contributed by atoms with Crippen molar-refractivity contribution in [2.75, 3.05) is 5.32 Å². The van der Waals surface area contributed by atoms with E-state index < -0.39 is 0 Å². The highest BCUT2D eigenvalue weighted by molar-refractivity contribution is 5.94. The first-order chi connectivity index (χ1) is 11.1. The number of amides is 1. The first-order valence-electron chi connectivity index (χ1n) is 7.79. The van der Waals surface area contributed by atoms with Gasteiger partial charge in [0.05, 0.1) is 5.92 Å². The van der Waals surface area contributed by atoms with Gasteiger partial charge in [0.25, 0.3) is 5.95 Å². The van der Waals surface area contributed by atoms with Crippen LogP contribution in [0.4, 0.5) is 5.95 Å². The molecule has 1 aliphatic carbocycles.